The number of amides is 2. The van der Waals surface area contributed by atoms with Crippen LogP contribution in [0.4, 0.5) is 10.1 Å². The summed E-state index contributed by atoms with van der Waals surface area (Å²) in [6, 6.07) is 6.30. The predicted molar refractivity (Wildman–Crippen MR) is 98.5 cm³/mol. The lowest BCUT2D eigenvalue weighted by Gasteiger charge is -2.36. The molecular weight excluding hydrogens is 335 g/mol. The second-order valence-electron chi connectivity index (χ2n) is 6.97. The third-order valence-electron chi connectivity index (χ3n) is 5.25. The molecule has 2 heterocycles. The Balaban J connectivity index is 1.38. The van der Waals surface area contributed by atoms with E-state index < -0.39 is 0 Å². The molecule has 6 nitrogen and oxygen atoms in total. The van der Waals surface area contributed by atoms with E-state index in [1.807, 2.05) is 12.1 Å². The molecule has 26 heavy (non-hydrogen) atoms. The van der Waals surface area contributed by atoms with Crippen molar-refractivity contribution in [3.05, 3.63) is 30.1 Å². The second-order valence-corrected chi connectivity index (χ2v) is 6.97. The molecule has 0 aliphatic carbocycles. The topological polar surface area (TPSA) is 55.9 Å². The zero-order valence-electron chi connectivity index (χ0n) is 15.3. The van der Waals surface area contributed by atoms with Crippen LogP contribution in [0.15, 0.2) is 24.3 Å². The van der Waals surface area contributed by atoms with E-state index >= 15 is 0 Å². The standard InChI is InChI=1S/C19H27FN4O2/c1-15(25)24-9-2-3-18(24)19(26)21-8-10-22-11-13-23(14-12-22)17-6-4-16(20)5-7-17/h4-7,18H,2-3,8-14H2,1H3,(H,21,26). The first-order chi connectivity index (χ1) is 12.5. The number of likely N-dealkylation sites (tertiary alicyclic amines) is 1. The van der Waals surface area contributed by atoms with Crippen LogP contribution in [0, 0.1) is 5.82 Å². The van der Waals surface area contributed by atoms with Crippen molar-refractivity contribution < 1.29 is 14.0 Å². The zero-order chi connectivity index (χ0) is 18.5. The molecule has 2 aliphatic rings. The van der Waals surface area contributed by atoms with E-state index in [1.54, 1.807) is 4.90 Å². The van der Waals surface area contributed by atoms with Gasteiger partial charge in [0.25, 0.3) is 0 Å². The maximum atomic E-state index is 13.0. The smallest absolute Gasteiger partial charge is 0.242 e. The number of benzene rings is 1. The van der Waals surface area contributed by atoms with Crippen LogP contribution < -0.4 is 10.2 Å². The van der Waals surface area contributed by atoms with Crippen LogP contribution >= 0.6 is 0 Å². The van der Waals surface area contributed by atoms with Crippen LogP contribution in [-0.4, -0.2) is 73.5 Å². The Hall–Kier alpha value is -2.15. The highest BCUT2D eigenvalue weighted by Gasteiger charge is 2.32. The van der Waals surface area contributed by atoms with E-state index in [1.165, 1.54) is 19.1 Å². The van der Waals surface area contributed by atoms with Crippen LogP contribution in [0.1, 0.15) is 19.8 Å². The molecule has 0 aromatic heterocycles. The number of anilines is 1. The van der Waals surface area contributed by atoms with Gasteiger partial charge in [-0.05, 0) is 37.1 Å². The summed E-state index contributed by atoms with van der Waals surface area (Å²) in [6.07, 6.45) is 1.64. The average molecular weight is 362 g/mol. The predicted octanol–water partition coefficient (Wildman–Crippen LogP) is 1.07. The number of carbonyl (C=O) groups excluding carboxylic acids is 2. The molecule has 0 bridgehead atoms. The Morgan fingerprint density at radius 2 is 1.81 bits per heavy atom. The van der Waals surface area contributed by atoms with Gasteiger partial charge in [-0.15, -0.1) is 0 Å². The summed E-state index contributed by atoms with van der Waals surface area (Å²) >= 11 is 0. The van der Waals surface area contributed by atoms with E-state index in [0.29, 0.717) is 13.1 Å². The van der Waals surface area contributed by atoms with Gasteiger partial charge >= 0.3 is 0 Å². The average Bonchev–Trinajstić information content (AvgIpc) is 3.13. The molecule has 7 heteroatoms. The van der Waals surface area contributed by atoms with E-state index in [-0.39, 0.29) is 23.7 Å². The Morgan fingerprint density at radius 1 is 1.12 bits per heavy atom. The van der Waals surface area contributed by atoms with Crippen molar-refractivity contribution in [3.8, 4) is 0 Å². The van der Waals surface area contributed by atoms with Gasteiger partial charge in [0.15, 0.2) is 0 Å². The van der Waals surface area contributed by atoms with Crippen LogP contribution in [-0.2, 0) is 9.59 Å². The zero-order valence-corrected chi connectivity index (χ0v) is 15.3. The van der Waals surface area contributed by atoms with Gasteiger partial charge in [0.05, 0.1) is 0 Å². The molecule has 2 amide bonds. The largest absolute Gasteiger partial charge is 0.369 e. The highest BCUT2D eigenvalue weighted by molar-refractivity contribution is 5.87. The summed E-state index contributed by atoms with van der Waals surface area (Å²) in [6.45, 7) is 7.20. The quantitative estimate of drug-likeness (QED) is 0.852. The molecule has 3 rings (SSSR count). The van der Waals surface area contributed by atoms with E-state index in [0.717, 1.165) is 51.3 Å². The molecule has 1 aromatic rings. The van der Waals surface area contributed by atoms with Crippen molar-refractivity contribution >= 4 is 17.5 Å². The van der Waals surface area contributed by atoms with Gasteiger partial charge in [-0.3, -0.25) is 14.5 Å². The molecule has 2 fully saturated rings. The Kier molecular flexibility index (Phi) is 6.08. The maximum absolute atomic E-state index is 13.0. The first kappa shape index (κ1) is 18.6. The number of halogens is 1. The fourth-order valence-electron chi connectivity index (χ4n) is 3.75. The molecule has 1 N–H and O–H groups in total. The van der Waals surface area contributed by atoms with E-state index in [9.17, 15) is 14.0 Å². The number of rotatable bonds is 5. The van der Waals surface area contributed by atoms with Gasteiger partial charge in [-0.2, -0.15) is 0 Å². The first-order valence-corrected chi connectivity index (χ1v) is 9.32. The van der Waals surface area contributed by atoms with Crippen molar-refractivity contribution in [2.75, 3.05) is 50.7 Å². The molecule has 1 atom stereocenters. The lowest BCUT2D eigenvalue weighted by Crippen LogP contribution is -2.50. The van der Waals surface area contributed by atoms with Gasteiger partial charge in [-0.1, -0.05) is 0 Å². The fourth-order valence-corrected chi connectivity index (χ4v) is 3.75. The fraction of sp³-hybridized carbons (Fsp3) is 0.579. The summed E-state index contributed by atoms with van der Waals surface area (Å²) in [7, 11) is 0. The van der Waals surface area contributed by atoms with Crippen molar-refractivity contribution in [1.29, 1.82) is 0 Å². The lowest BCUT2D eigenvalue weighted by molar-refractivity contribution is -0.136. The number of hydrogen-bond acceptors (Lipinski definition) is 4. The molecule has 1 unspecified atom stereocenters. The van der Waals surface area contributed by atoms with E-state index in [4.69, 9.17) is 0 Å². The number of piperazine rings is 1. The van der Waals surface area contributed by atoms with Crippen LogP contribution in [0.25, 0.3) is 0 Å². The van der Waals surface area contributed by atoms with E-state index in [2.05, 4.69) is 15.1 Å². The minimum Gasteiger partial charge on any atom is -0.369 e. The third-order valence-corrected chi connectivity index (χ3v) is 5.25. The van der Waals surface area contributed by atoms with Crippen molar-refractivity contribution in [3.63, 3.8) is 0 Å². The summed E-state index contributed by atoms with van der Waals surface area (Å²) in [5.74, 6) is -0.282. The minimum atomic E-state index is -0.303. The monoisotopic (exact) mass is 362 g/mol. The SMILES string of the molecule is CC(=O)N1CCCC1C(=O)NCCN1CCN(c2ccc(F)cc2)CC1. The Labute approximate surface area is 153 Å². The van der Waals surface area contributed by atoms with Crippen molar-refractivity contribution in [2.24, 2.45) is 0 Å². The number of nitrogens with one attached hydrogen (secondary N) is 1. The van der Waals surface area contributed by atoms with Crippen LogP contribution in [0.5, 0.6) is 0 Å². The Morgan fingerprint density at radius 3 is 2.46 bits per heavy atom. The van der Waals surface area contributed by atoms with Gasteiger partial charge in [0.2, 0.25) is 11.8 Å². The van der Waals surface area contributed by atoms with Gasteiger partial charge < -0.3 is 15.1 Å². The van der Waals surface area contributed by atoms with Crippen molar-refractivity contribution in [2.45, 2.75) is 25.8 Å². The number of nitrogens with zero attached hydrogens (tertiary/aromatic N) is 3. The molecule has 0 saturated carbocycles. The first-order valence-electron chi connectivity index (χ1n) is 9.32. The molecule has 142 valence electrons. The molecular formula is C19H27FN4O2. The molecule has 1 aromatic carbocycles. The highest BCUT2D eigenvalue weighted by Crippen LogP contribution is 2.18. The van der Waals surface area contributed by atoms with Crippen molar-refractivity contribution in [1.82, 2.24) is 15.1 Å². The second kappa shape index (κ2) is 8.49. The highest BCUT2D eigenvalue weighted by atomic mass is 19.1. The molecule has 0 radical (unpaired) electrons. The molecule has 2 aliphatic heterocycles. The maximum Gasteiger partial charge on any atom is 0.242 e. The summed E-state index contributed by atoms with van der Waals surface area (Å²) in [5.41, 5.74) is 1.05. The van der Waals surface area contributed by atoms with Gasteiger partial charge in [0.1, 0.15) is 11.9 Å². The Bertz CT molecular complexity index is 629. The van der Waals surface area contributed by atoms with Crippen LogP contribution in [0.3, 0.4) is 0 Å². The normalized spacial score (nSPS) is 21.1. The minimum absolute atomic E-state index is 0.0282. The number of hydrogen-bond donors (Lipinski definition) is 1. The summed E-state index contributed by atoms with van der Waals surface area (Å²) in [5, 5.41) is 2.98. The van der Waals surface area contributed by atoms with Gasteiger partial charge in [-0.25, -0.2) is 4.39 Å². The summed E-state index contributed by atoms with van der Waals surface area (Å²) < 4.78 is 13.0. The molecule has 2 saturated heterocycles. The van der Waals surface area contributed by atoms with Gasteiger partial charge in [0, 0.05) is 58.4 Å². The summed E-state index contributed by atoms with van der Waals surface area (Å²) in [4.78, 5) is 30.1. The van der Waals surface area contributed by atoms with Crippen LogP contribution in [0.2, 0.25) is 0 Å². The third kappa shape index (κ3) is 4.52. The number of carbonyl (C=O) groups is 2. The lowest BCUT2D eigenvalue weighted by atomic mass is 10.2. The molecule has 0 spiro atoms.